The molecule has 1 amide bonds. The van der Waals surface area contributed by atoms with Crippen molar-refractivity contribution in [3.63, 3.8) is 0 Å². The molecule has 1 aromatic heterocycles. The highest BCUT2D eigenvalue weighted by atomic mass is 19.1. The maximum Gasteiger partial charge on any atom is 0.326 e. The average Bonchev–Trinajstić information content (AvgIpc) is 3.07. The average molecular weight is 371 g/mol. The third kappa shape index (κ3) is 3.22. The molecule has 2 heterocycles. The molecule has 4 rings (SSSR count). The minimum Gasteiger partial charge on any atom is -0.480 e. The van der Waals surface area contributed by atoms with Gasteiger partial charge in [0, 0.05) is 17.8 Å². The van der Waals surface area contributed by atoms with Crippen LogP contribution in [0, 0.1) is 5.82 Å². The number of carboxylic acid groups (broad SMARTS) is 1. The molecular formula is C20H22FN3O3. The van der Waals surface area contributed by atoms with Gasteiger partial charge in [-0.1, -0.05) is 6.07 Å². The van der Waals surface area contributed by atoms with E-state index in [1.807, 2.05) is 0 Å². The van der Waals surface area contributed by atoms with Gasteiger partial charge in [0.15, 0.2) is 5.69 Å². The van der Waals surface area contributed by atoms with Crippen LogP contribution in [-0.2, 0) is 17.6 Å². The molecule has 7 heteroatoms. The van der Waals surface area contributed by atoms with Crippen molar-refractivity contribution < 1.29 is 19.1 Å². The number of carbonyl (C=O) groups is 2. The molecule has 0 saturated carbocycles. The molecule has 2 aromatic rings. The zero-order valence-corrected chi connectivity index (χ0v) is 15.0. The van der Waals surface area contributed by atoms with Crippen molar-refractivity contribution >= 4 is 11.9 Å². The van der Waals surface area contributed by atoms with E-state index in [1.54, 1.807) is 16.8 Å². The summed E-state index contributed by atoms with van der Waals surface area (Å²) in [5.74, 6) is -1.65. The lowest BCUT2D eigenvalue weighted by atomic mass is 9.94. The Hall–Kier alpha value is -2.70. The van der Waals surface area contributed by atoms with Gasteiger partial charge < -0.3 is 10.0 Å². The van der Waals surface area contributed by atoms with Gasteiger partial charge in [0.25, 0.3) is 5.91 Å². The fourth-order valence-corrected chi connectivity index (χ4v) is 4.16. The Balaban J connectivity index is 1.76. The first kappa shape index (κ1) is 17.7. The molecule has 1 N–H and O–H groups in total. The number of nitrogens with zero attached hydrogens (tertiary/aromatic N) is 3. The molecule has 0 spiro atoms. The molecule has 27 heavy (non-hydrogen) atoms. The fraction of sp³-hybridized carbons (Fsp3) is 0.450. The van der Waals surface area contributed by atoms with Gasteiger partial charge >= 0.3 is 5.97 Å². The van der Waals surface area contributed by atoms with Crippen molar-refractivity contribution in [3.05, 3.63) is 47.0 Å². The molecule has 0 unspecified atom stereocenters. The van der Waals surface area contributed by atoms with Crippen molar-refractivity contribution in [3.8, 4) is 5.69 Å². The van der Waals surface area contributed by atoms with Gasteiger partial charge in [-0.3, -0.25) is 4.79 Å². The maximum absolute atomic E-state index is 13.7. The third-order valence-corrected chi connectivity index (χ3v) is 5.48. The summed E-state index contributed by atoms with van der Waals surface area (Å²) in [6, 6.07) is 5.35. The number of fused-ring (bicyclic) bond motifs is 1. The first-order valence-electron chi connectivity index (χ1n) is 9.47. The summed E-state index contributed by atoms with van der Waals surface area (Å²) < 4.78 is 15.4. The third-order valence-electron chi connectivity index (χ3n) is 5.48. The van der Waals surface area contributed by atoms with Crippen molar-refractivity contribution in [1.29, 1.82) is 0 Å². The lowest BCUT2D eigenvalue weighted by Crippen LogP contribution is -2.48. The van der Waals surface area contributed by atoms with Crippen molar-refractivity contribution in [2.45, 2.75) is 51.0 Å². The normalized spacial score (nSPS) is 19.6. The first-order chi connectivity index (χ1) is 13.1. The number of rotatable bonds is 3. The van der Waals surface area contributed by atoms with E-state index in [-0.39, 0.29) is 11.7 Å². The van der Waals surface area contributed by atoms with Crippen LogP contribution in [0.25, 0.3) is 5.69 Å². The monoisotopic (exact) mass is 371 g/mol. The number of likely N-dealkylation sites (tertiary alicyclic amines) is 1. The summed E-state index contributed by atoms with van der Waals surface area (Å²) in [7, 11) is 0. The first-order valence-corrected chi connectivity index (χ1v) is 9.47. The van der Waals surface area contributed by atoms with Crippen molar-refractivity contribution in [2.24, 2.45) is 0 Å². The number of halogens is 1. The van der Waals surface area contributed by atoms with Gasteiger partial charge in [-0.2, -0.15) is 5.10 Å². The van der Waals surface area contributed by atoms with Crippen LogP contribution in [0.2, 0.25) is 0 Å². The molecule has 2 aliphatic rings. The van der Waals surface area contributed by atoms with Crippen LogP contribution in [0.15, 0.2) is 24.3 Å². The number of hydrogen-bond acceptors (Lipinski definition) is 3. The molecule has 0 bridgehead atoms. The van der Waals surface area contributed by atoms with E-state index >= 15 is 0 Å². The Labute approximate surface area is 156 Å². The number of aliphatic carboxylic acids is 1. The van der Waals surface area contributed by atoms with Crippen LogP contribution in [0.3, 0.4) is 0 Å². The van der Waals surface area contributed by atoms with Crippen LogP contribution in [0.5, 0.6) is 0 Å². The van der Waals surface area contributed by atoms with E-state index < -0.39 is 12.0 Å². The number of benzene rings is 1. The van der Waals surface area contributed by atoms with E-state index in [2.05, 4.69) is 5.10 Å². The number of aromatic nitrogens is 2. The molecule has 1 saturated heterocycles. The van der Waals surface area contributed by atoms with Gasteiger partial charge in [0.05, 0.1) is 5.69 Å². The van der Waals surface area contributed by atoms with Crippen LogP contribution in [0.1, 0.15) is 53.8 Å². The zero-order valence-electron chi connectivity index (χ0n) is 15.0. The van der Waals surface area contributed by atoms with Crippen LogP contribution in [0.4, 0.5) is 4.39 Å². The van der Waals surface area contributed by atoms with Gasteiger partial charge in [-0.05, 0) is 63.1 Å². The number of carbonyl (C=O) groups excluding carboxylic acids is 1. The quantitative estimate of drug-likeness (QED) is 0.900. The second-order valence-corrected chi connectivity index (χ2v) is 7.22. The molecule has 1 aromatic carbocycles. The molecule has 1 aliphatic carbocycles. The molecule has 1 aliphatic heterocycles. The van der Waals surface area contributed by atoms with Gasteiger partial charge in [-0.15, -0.1) is 0 Å². The highest BCUT2D eigenvalue weighted by molar-refractivity contribution is 5.96. The van der Waals surface area contributed by atoms with E-state index in [0.717, 1.165) is 49.8 Å². The van der Waals surface area contributed by atoms with Crippen LogP contribution < -0.4 is 0 Å². The topological polar surface area (TPSA) is 75.4 Å². The molecular weight excluding hydrogens is 349 g/mol. The second-order valence-electron chi connectivity index (χ2n) is 7.22. The van der Waals surface area contributed by atoms with Gasteiger partial charge in [0.2, 0.25) is 0 Å². The molecule has 6 nitrogen and oxygen atoms in total. The highest BCUT2D eigenvalue weighted by Crippen LogP contribution is 2.29. The predicted octanol–water partition coefficient (Wildman–Crippen LogP) is 2.97. The summed E-state index contributed by atoms with van der Waals surface area (Å²) in [5.41, 5.74) is 2.71. The van der Waals surface area contributed by atoms with Crippen LogP contribution >= 0.6 is 0 Å². The summed E-state index contributed by atoms with van der Waals surface area (Å²) in [6.07, 6.45) is 5.52. The molecule has 1 atom stereocenters. The Bertz CT molecular complexity index is 893. The van der Waals surface area contributed by atoms with E-state index in [4.69, 9.17) is 0 Å². The van der Waals surface area contributed by atoms with Crippen molar-refractivity contribution in [2.75, 3.05) is 6.54 Å². The summed E-state index contributed by atoms with van der Waals surface area (Å²) >= 11 is 0. The van der Waals surface area contributed by atoms with Crippen LogP contribution in [-0.4, -0.2) is 44.3 Å². The number of amides is 1. The molecule has 0 radical (unpaired) electrons. The zero-order chi connectivity index (χ0) is 19.0. The Kier molecular flexibility index (Phi) is 4.68. The highest BCUT2D eigenvalue weighted by Gasteiger charge is 2.36. The summed E-state index contributed by atoms with van der Waals surface area (Å²) in [4.78, 5) is 26.2. The lowest BCUT2D eigenvalue weighted by Gasteiger charge is -2.32. The van der Waals surface area contributed by atoms with Gasteiger partial charge in [-0.25, -0.2) is 13.9 Å². The largest absolute Gasteiger partial charge is 0.480 e. The smallest absolute Gasteiger partial charge is 0.326 e. The lowest BCUT2D eigenvalue weighted by molar-refractivity contribution is -0.143. The van der Waals surface area contributed by atoms with Gasteiger partial charge in [0.1, 0.15) is 11.9 Å². The Morgan fingerprint density at radius 2 is 1.96 bits per heavy atom. The molecule has 1 fully saturated rings. The fourth-order valence-electron chi connectivity index (χ4n) is 4.16. The summed E-state index contributed by atoms with van der Waals surface area (Å²) in [5, 5.41) is 14.0. The van der Waals surface area contributed by atoms with E-state index in [1.165, 1.54) is 17.0 Å². The van der Waals surface area contributed by atoms with Crippen molar-refractivity contribution in [1.82, 2.24) is 14.7 Å². The minimum absolute atomic E-state index is 0.321. The number of piperidine rings is 1. The predicted molar refractivity (Wildman–Crippen MR) is 96.5 cm³/mol. The SMILES string of the molecule is O=C(O)[C@H]1CCCCN1C(=O)c1nn(-c2cccc(F)c2)c2c1CCCC2. The molecule has 142 valence electrons. The minimum atomic E-state index is -0.971. The Morgan fingerprint density at radius 1 is 1.15 bits per heavy atom. The van der Waals surface area contributed by atoms with E-state index in [9.17, 15) is 19.1 Å². The standard InChI is InChI=1S/C20H22FN3O3/c21-13-6-5-7-14(12-13)24-16-9-2-1-8-15(16)18(22-24)19(25)23-11-4-3-10-17(23)20(26)27/h5-7,12,17H,1-4,8-11H2,(H,26,27)/t17-/m1/s1. The second kappa shape index (κ2) is 7.13. The number of carboxylic acids is 1. The summed E-state index contributed by atoms with van der Waals surface area (Å²) in [6.45, 7) is 0.428. The number of hydrogen-bond donors (Lipinski definition) is 1. The maximum atomic E-state index is 13.7. The Morgan fingerprint density at radius 3 is 2.74 bits per heavy atom. The van der Waals surface area contributed by atoms with E-state index in [0.29, 0.717) is 24.3 Å².